The molecule has 0 fully saturated rings. The van der Waals surface area contributed by atoms with Gasteiger partial charge in [-0.3, -0.25) is 0 Å². The molecule has 1 N–H and O–H groups in total. The quantitative estimate of drug-likeness (QED) is 0.294. The molecular weight excluding hydrogens is 146 g/mol. The second-order valence-electron chi connectivity index (χ2n) is 0.942. The molecule has 4 heteroatoms. The number of aliphatic carboxylic acids is 1. The van der Waals surface area contributed by atoms with Crippen LogP contribution in [0.5, 0.6) is 0 Å². The number of halogens is 1. The monoisotopic (exact) mass is 156 g/mol. The molecule has 0 unspecified atom stereocenters. The van der Waals surface area contributed by atoms with E-state index in [4.69, 9.17) is 5.11 Å². The van der Waals surface area contributed by atoms with Gasteiger partial charge in [0.25, 0.3) is 0 Å². The maximum Gasteiger partial charge on any atom is 1.00 e. The summed E-state index contributed by atoms with van der Waals surface area (Å²) in [4.78, 5) is 9.49. The van der Waals surface area contributed by atoms with Crippen molar-refractivity contribution in [2.75, 3.05) is 0 Å². The van der Waals surface area contributed by atoms with Crippen molar-refractivity contribution in [2.45, 2.75) is 13.8 Å². The van der Waals surface area contributed by atoms with E-state index in [2.05, 4.69) is 6.92 Å². The van der Waals surface area contributed by atoms with Gasteiger partial charge in [-0.15, -0.1) is 0 Å². The molecule has 0 aromatic rings. The largest absolute Gasteiger partial charge is 1.00 e. The standard InChI is InChI=1S/C4H5FO2.C2H5.Na/c1-2-3(5)4(6)7;1-2;/h2H,1H3,(H,6,7);1H2,2H3;/q;-1;+1. The average molecular weight is 156 g/mol. The molecule has 0 bridgehead atoms. The minimum Gasteiger partial charge on any atom is -0.476 e. The molecule has 0 aromatic heterocycles. The van der Waals surface area contributed by atoms with Gasteiger partial charge in [0.2, 0.25) is 5.83 Å². The van der Waals surface area contributed by atoms with E-state index in [0.717, 1.165) is 6.08 Å². The third kappa shape index (κ3) is 11.0. The molecule has 2 nitrogen and oxygen atoms in total. The molecule has 0 amide bonds. The Morgan fingerprint density at radius 2 is 1.90 bits per heavy atom. The van der Waals surface area contributed by atoms with Crippen molar-refractivity contribution in [3.05, 3.63) is 18.8 Å². The van der Waals surface area contributed by atoms with Gasteiger partial charge in [0, 0.05) is 0 Å². The Morgan fingerprint density at radius 1 is 1.60 bits per heavy atom. The molecule has 0 radical (unpaired) electrons. The predicted octanol–water partition coefficient (Wildman–Crippen LogP) is -1.21. The Morgan fingerprint density at radius 3 is 1.90 bits per heavy atom. The van der Waals surface area contributed by atoms with Crippen LogP contribution in [0.25, 0.3) is 0 Å². The Kier molecular flexibility index (Phi) is 19.7. The van der Waals surface area contributed by atoms with Crippen LogP contribution in [-0.4, -0.2) is 11.1 Å². The zero-order valence-electron chi connectivity index (χ0n) is 6.52. The van der Waals surface area contributed by atoms with Gasteiger partial charge < -0.3 is 12.0 Å². The molecule has 0 heterocycles. The van der Waals surface area contributed by atoms with Crippen LogP contribution in [0.1, 0.15) is 13.8 Å². The molecule has 0 spiro atoms. The molecule has 0 aliphatic carbocycles. The van der Waals surface area contributed by atoms with Crippen LogP contribution in [0, 0.1) is 6.92 Å². The van der Waals surface area contributed by atoms with Gasteiger partial charge in [-0.2, -0.15) is 11.3 Å². The van der Waals surface area contributed by atoms with E-state index in [-0.39, 0.29) is 29.6 Å². The van der Waals surface area contributed by atoms with E-state index in [0.29, 0.717) is 0 Å². The fraction of sp³-hybridized carbons (Fsp3) is 0.333. The van der Waals surface area contributed by atoms with Gasteiger partial charge in [0.05, 0.1) is 0 Å². The smallest absolute Gasteiger partial charge is 0.476 e. The number of carbonyl (C=O) groups is 1. The van der Waals surface area contributed by atoms with E-state index in [1.165, 1.54) is 6.92 Å². The van der Waals surface area contributed by atoms with Crippen molar-refractivity contribution >= 4 is 5.97 Å². The average Bonchev–Trinajstić information content (AvgIpc) is 1.91. The third-order valence-electron chi connectivity index (χ3n) is 0.458. The zero-order chi connectivity index (χ0) is 7.86. The summed E-state index contributed by atoms with van der Waals surface area (Å²) in [6.07, 6.45) is 0.891. The van der Waals surface area contributed by atoms with Gasteiger partial charge >= 0.3 is 35.5 Å². The van der Waals surface area contributed by atoms with E-state index in [9.17, 15) is 9.18 Å². The van der Waals surface area contributed by atoms with Crippen LogP contribution in [0.3, 0.4) is 0 Å². The van der Waals surface area contributed by atoms with Gasteiger partial charge in [0.15, 0.2) is 0 Å². The summed E-state index contributed by atoms with van der Waals surface area (Å²) in [6.45, 7) is 6.32. The number of carboxylic acids is 1. The Bertz CT molecular complexity index is 112. The van der Waals surface area contributed by atoms with E-state index in [1.54, 1.807) is 6.92 Å². The van der Waals surface area contributed by atoms with Crippen molar-refractivity contribution in [1.29, 1.82) is 0 Å². The molecule has 54 valence electrons. The fourth-order valence-corrected chi connectivity index (χ4v) is 0.123. The number of hydrogen-bond donors (Lipinski definition) is 1. The first-order chi connectivity index (χ1) is 4.18. The number of carboxylic acid groups (broad SMARTS) is 1. The number of rotatable bonds is 1. The molecule has 0 rings (SSSR count). The molecule has 0 saturated carbocycles. The maximum absolute atomic E-state index is 11.5. The van der Waals surface area contributed by atoms with Crippen LogP contribution in [0.15, 0.2) is 11.9 Å². The van der Waals surface area contributed by atoms with Crippen LogP contribution in [0.2, 0.25) is 0 Å². The maximum atomic E-state index is 11.5. The van der Waals surface area contributed by atoms with Crippen molar-refractivity contribution in [3.63, 3.8) is 0 Å². The molecule has 0 aliphatic heterocycles. The first-order valence-corrected chi connectivity index (χ1v) is 2.44. The minimum absolute atomic E-state index is 0. The van der Waals surface area contributed by atoms with E-state index >= 15 is 0 Å². The molecular formula is C6H10FNaO2. The van der Waals surface area contributed by atoms with Gasteiger partial charge in [0.1, 0.15) is 0 Å². The molecule has 0 aromatic carbocycles. The second-order valence-corrected chi connectivity index (χ2v) is 0.942. The summed E-state index contributed by atoms with van der Waals surface area (Å²) in [5.41, 5.74) is 0. The summed E-state index contributed by atoms with van der Waals surface area (Å²) < 4.78 is 11.5. The fourth-order valence-electron chi connectivity index (χ4n) is 0.123. The van der Waals surface area contributed by atoms with E-state index < -0.39 is 11.8 Å². The van der Waals surface area contributed by atoms with Crippen LogP contribution in [-0.2, 0) is 4.79 Å². The Balaban J connectivity index is -0.000000149. The van der Waals surface area contributed by atoms with Crippen LogP contribution < -0.4 is 29.6 Å². The minimum atomic E-state index is -1.51. The summed E-state index contributed by atoms with van der Waals surface area (Å²) in [7, 11) is 0. The van der Waals surface area contributed by atoms with Crippen molar-refractivity contribution in [3.8, 4) is 0 Å². The summed E-state index contributed by atoms with van der Waals surface area (Å²) >= 11 is 0. The predicted molar refractivity (Wildman–Crippen MR) is 33.5 cm³/mol. The van der Waals surface area contributed by atoms with Gasteiger partial charge in [-0.1, -0.05) is 0 Å². The summed E-state index contributed by atoms with van der Waals surface area (Å²) in [5, 5.41) is 7.74. The number of allylic oxidation sites excluding steroid dienone is 1. The topological polar surface area (TPSA) is 37.3 Å². The van der Waals surface area contributed by atoms with Crippen molar-refractivity contribution < 1.29 is 43.8 Å². The SMILES string of the molecule is CC=C(F)C(=O)O.[CH2-]C.[Na+]. The molecule has 10 heavy (non-hydrogen) atoms. The first-order valence-electron chi connectivity index (χ1n) is 2.44. The number of hydrogen-bond acceptors (Lipinski definition) is 1. The van der Waals surface area contributed by atoms with Crippen LogP contribution in [0.4, 0.5) is 4.39 Å². The van der Waals surface area contributed by atoms with Gasteiger partial charge in [-0.25, -0.2) is 4.79 Å². The molecule has 0 saturated heterocycles. The normalized spacial score (nSPS) is 8.60. The zero-order valence-corrected chi connectivity index (χ0v) is 8.52. The summed E-state index contributed by atoms with van der Waals surface area (Å²) in [6, 6.07) is 0. The molecule has 0 atom stereocenters. The first kappa shape index (κ1) is 16.6. The second kappa shape index (κ2) is 11.9. The summed E-state index contributed by atoms with van der Waals surface area (Å²) in [5.74, 6) is -2.62. The molecule has 0 aliphatic rings. The van der Waals surface area contributed by atoms with Crippen molar-refractivity contribution in [2.24, 2.45) is 0 Å². The van der Waals surface area contributed by atoms with E-state index in [1.807, 2.05) is 0 Å². The van der Waals surface area contributed by atoms with Crippen molar-refractivity contribution in [1.82, 2.24) is 0 Å². The Labute approximate surface area is 82.4 Å². The third-order valence-corrected chi connectivity index (χ3v) is 0.458. The van der Waals surface area contributed by atoms with Crippen LogP contribution >= 0.6 is 0 Å². The van der Waals surface area contributed by atoms with Gasteiger partial charge in [-0.05, 0) is 13.0 Å². The Hall–Kier alpha value is 0.140.